The first-order valence-electron chi connectivity index (χ1n) is 5.06. The lowest BCUT2D eigenvalue weighted by Gasteiger charge is -2.22. The van der Waals surface area contributed by atoms with Gasteiger partial charge in [0.2, 0.25) is 0 Å². The molecule has 0 spiro atoms. The Bertz CT molecular complexity index is 416. The van der Waals surface area contributed by atoms with Crippen LogP contribution in [0.25, 0.3) is 0 Å². The largest absolute Gasteiger partial charge is 0.317 e. The number of hydrogen-bond donors (Lipinski definition) is 1. The van der Waals surface area contributed by atoms with E-state index in [-0.39, 0.29) is 17.7 Å². The van der Waals surface area contributed by atoms with E-state index in [9.17, 15) is 8.42 Å². The monoisotopic (exact) mass is 262 g/mol. The second-order valence-electron chi connectivity index (χ2n) is 3.68. The van der Waals surface area contributed by atoms with E-state index in [1.165, 1.54) is 12.4 Å². The molecule has 0 aromatic carbocycles. The summed E-state index contributed by atoms with van der Waals surface area (Å²) in [6.07, 6.45) is 4.44. The average molecular weight is 263 g/mol. The van der Waals surface area contributed by atoms with E-state index >= 15 is 0 Å². The summed E-state index contributed by atoms with van der Waals surface area (Å²) in [7, 11) is -3.14. The van der Waals surface area contributed by atoms with Gasteiger partial charge in [0, 0.05) is 12.4 Å². The van der Waals surface area contributed by atoms with Gasteiger partial charge in [0.1, 0.15) is 0 Å². The maximum atomic E-state index is 12.1. The Balaban J connectivity index is 0.00000128. The maximum Gasteiger partial charge on any atom is 0.181 e. The number of piperidine rings is 1. The van der Waals surface area contributed by atoms with Gasteiger partial charge in [0.25, 0.3) is 0 Å². The van der Waals surface area contributed by atoms with E-state index in [4.69, 9.17) is 0 Å². The summed E-state index contributed by atoms with van der Waals surface area (Å²) in [5, 5.41) is 2.93. The van der Waals surface area contributed by atoms with Crippen LogP contribution in [0, 0.1) is 0 Å². The summed E-state index contributed by atoms with van der Waals surface area (Å²) in [5.74, 6) is 0. The number of nitrogens with zero attached hydrogens (tertiary/aromatic N) is 1. The molecule has 0 radical (unpaired) electrons. The van der Waals surface area contributed by atoms with Gasteiger partial charge in [-0.1, -0.05) is 0 Å². The minimum Gasteiger partial charge on any atom is -0.317 e. The topological polar surface area (TPSA) is 59.1 Å². The van der Waals surface area contributed by atoms with Crippen LogP contribution in [-0.4, -0.2) is 31.7 Å². The minimum atomic E-state index is -3.14. The minimum absolute atomic E-state index is 0. The Labute approximate surface area is 102 Å². The average Bonchev–Trinajstić information content (AvgIpc) is 2.31. The van der Waals surface area contributed by atoms with E-state index < -0.39 is 9.84 Å². The lowest BCUT2D eigenvalue weighted by molar-refractivity contribution is 0.496. The van der Waals surface area contributed by atoms with Gasteiger partial charge in [0.15, 0.2) is 9.84 Å². The predicted octanol–water partition coefficient (Wildman–Crippen LogP) is 1.03. The van der Waals surface area contributed by atoms with Crippen LogP contribution in [0.15, 0.2) is 29.4 Å². The highest BCUT2D eigenvalue weighted by atomic mass is 35.5. The smallest absolute Gasteiger partial charge is 0.181 e. The number of hydrogen-bond acceptors (Lipinski definition) is 4. The van der Waals surface area contributed by atoms with Gasteiger partial charge >= 0.3 is 0 Å². The molecule has 90 valence electrons. The molecule has 0 aliphatic carbocycles. The van der Waals surface area contributed by atoms with Crippen LogP contribution in [0.4, 0.5) is 0 Å². The zero-order valence-corrected chi connectivity index (χ0v) is 10.4. The molecule has 1 aromatic rings. The number of halogens is 1. The van der Waals surface area contributed by atoms with Gasteiger partial charge in [-0.3, -0.25) is 4.98 Å². The molecule has 1 fully saturated rings. The Morgan fingerprint density at radius 2 is 1.75 bits per heavy atom. The molecule has 2 heterocycles. The number of aromatic nitrogens is 1. The van der Waals surface area contributed by atoms with Crippen molar-refractivity contribution in [1.82, 2.24) is 10.3 Å². The fraction of sp³-hybridized carbons (Fsp3) is 0.500. The Kier molecular flexibility index (Phi) is 4.70. The van der Waals surface area contributed by atoms with Crippen molar-refractivity contribution >= 4 is 22.2 Å². The zero-order chi connectivity index (χ0) is 10.7. The van der Waals surface area contributed by atoms with E-state index in [2.05, 4.69) is 10.3 Å². The molecule has 1 aliphatic heterocycles. The molecule has 1 N–H and O–H groups in total. The summed E-state index contributed by atoms with van der Waals surface area (Å²) in [5.41, 5.74) is 0. The quantitative estimate of drug-likeness (QED) is 0.865. The molecule has 0 unspecified atom stereocenters. The Morgan fingerprint density at radius 1 is 1.19 bits per heavy atom. The third-order valence-electron chi connectivity index (χ3n) is 2.70. The second kappa shape index (κ2) is 5.61. The Morgan fingerprint density at radius 3 is 2.31 bits per heavy atom. The third kappa shape index (κ3) is 2.72. The molecule has 0 saturated carbocycles. The zero-order valence-electron chi connectivity index (χ0n) is 8.80. The van der Waals surface area contributed by atoms with Gasteiger partial charge < -0.3 is 5.32 Å². The predicted molar refractivity (Wildman–Crippen MR) is 64.6 cm³/mol. The molecule has 16 heavy (non-hydrogen) atoms. The molecular weight excluding hydrogens is 248 g/mol. The molecule has 4 nitrogen and oxygen atoms in total. The second-order valence-corrected chi connectivity index (χ2v) is 5.91. The standard InChI is InChI=1S/C10H14N2O2S.ClH/c13-15(14,9-1-5-11-6-2-9)10-3-7-12-8-4-10;/h1-2,5-6,10,12H,3-4,7-8H2;1H. The first kappa shape index (κ1) is 13.4. The van der Waals surface area contributed by atoms with Crippen LogP contribution < -0.4 is 5.32 Å². The lowest BCUT2D eigenvalue weighted by atomic mass is 10.2. The normalized spacial score (nSPS) is 17.8. The van der Waals surface area contributed by atoms with Gasteiger partial charge in [-0.05, 0) is 38.1 Å². The number of pyridine rings is 1. The fourth-order valence-electron chi connectivity index (χ4n) is 1.83. The molecule has 0 bridgehead atoms. The first-order valence-corrected chi connectivity index (χ1v) is 6.60. The highest BCUT2D eigenvalue weighted by Crippen LogP contribution is 2.21. The molecule has 0 amide bonds. The first-order chi connectivity index (χ1) is 7.21. The van der Waals surface area contributed by atoms with Crippen molar-refractivity contribution < 1.29 is 8.42 Å². The van der Waals surface area contributed by atoms with Crippen LogP contribution in [0.2, 0.25) is 0 Å². The number of rotatable bonds is 2. The van der Waals surface area contributed by atoms with Gasteiger partial charge in [-0.15, -0.1) is 12.4 Å². The van der Waals surface area contributed by atoms with Crippen molar-refractivity contribution in [2.24, 2.45) is 0 Å². The highest BCUT2D eigenvalue weighted by molar-refractivity contribution is 7.92. The van der Waals surface area contributed by atoms with Crippen molar-refractivity contribution in [3.63, 3.8) is 0 Å². The van der Waals surface area contributed by atoms with Gasteiger partial charge in [-0.25, -0.2) is 8.42 Å². The van der Waals surface area contributed by atoms with E-state index in [0.29, 0.717) is 17.7 Å². The van der Waals surface area contributed by atoms with E-state index in [1.807, 2.05) is 0 Å². The van der Waals surface area contributed by atoms with Crippen LogP contribution in [0.1, 0.15) is 12.8 Å². The van der Waals surface area contributed by atoms with E-state index in [1.54, 1.807) is 12.1 Å². The van der Waals surface area contributed by atoms with E-state index in [0.717, 1.165) is 13.1 Å². The highest BCUT2D eigenvalue weighted by Gasteiger charge is 2.28. The molecule has 1 saturated heterocycles. The lowest BCUT2D eigenvalue weighted by Crippen LogP contribution is -2.35. The van der Waals surface area contributed by atoms with Crippen LogP contribution >= 0.6 is 12.4 Å². The molecule has 6 heteroatoms. The number of sulfone groups is 1. The van der Waals surface area contributed by atoms with Crippen LogP contribution in [0.5, 0.6) is 0 Å². The molecule has 2 rings (SSSR count). The van der Waals surface area contributed by atoms with Crippen molar-refractivity contribution in [3.8, 4) is 0 Å². The SMILES string of the molecule is Cl.O=S(=O)(c1ccncc1)C1CCNCC1. The summed E-state index contributed by atoms with van der Waals surface area (Å²) in [4.78, 5) is 4.22. The summed E-state index contributed by atoms with van der Waals surface area (Å²) in [6.45, 7) is 1.57. The van der Waals surface area contributed by atoms with Crippen LogP contribution in [-0.2, 0) is 9.84 Å². The van der Waals surface area contributed by atoms with Gasteiger partial charge in [0.05, 0.1) is 10.1 Å². The van der Waals surface area contributed by atoms with Crippen molar-refractivity contribution in [2.45, 2.75) is 23.0 Å². The van der Waals surface area contributed by atoms with Crippen molar-refractivity contribution in [2.75, 3.05) is 13.1 Å². The van der Waals surface area contributed by atoms with Crippen LogP contribution in [0.3, 0.4) is 0 Å². The van der Waals surface area contributed by atoms with Gasteiger partial charge in [-0.2, -0.15) is 0 Å². The molecular formula is C10H15ClN2O2S. The molecule has 1 aromatic heterocycles. The third-order valence-corrected chi connectivity index (χ3v) is 4.98. The van der Waals surface area contributed by atoms with Crippen molar-refractivity contribution in [1.29, 1.82) is 0 Å². The summed E-state index contributed by atoms with van der Waals surface area (Å²) in [6, 6.07) is 3.13. The summed E-state index contributed by atoms with van der Waals surface area (Å²) >= 11 is 0. The summed E-state index contributed by atoms with van der Waals surface area (Å²) < 4.78 is 24.3. The fourth-order valence-corrected chi connectivity index (χ4v) is 3.57. The van der Waals surface area contributed by atoms with Crippen molar-refractivity contribution in [3.05, 3.63) is 24.5 Å². The Hall–Kier alpha value is -0.650. The number of nitrogens with one attached hydrogen (secondary N) is 1. The molecule has 0 atom stereocenters. The molecule has 1 aliphatic rings. The maximum absolute atomic E-state index is 12.1.